The number of amides is 2. The van der Waals surface area contributed by atoms with Crippen LogP contribution in [0.2, 0.25) is 0 Å². The van der Waals surface area contributed by atoms with E-state index in [1.807, 2.05) is 44.2 Å². The molecule has 3 aliphatic rings. The van der Waals surface area contributed by atoms with E-state index in [1.165, 1.54) is 4.90 Å². The molecule has 2 aliphatic heterocycles. The van der Waals surface area contributed by atoms with E-state index in [9.17, 15) is 19.5 Å². The summed E-state index contributed by atoms with van der Waals surface area (Å²) in [4.78, 5) is 43.5. The topological polar surface area (TPSA) is 95.9 Å². The van der Waals surface area contributed by atoms with Gasteiger partial charge in [0.15, 0.2) is 0 Å². The van der Waals surface area contributed by atoms with Gasteiger partial charge in [0, 0.05) is 16.1 Å². The van der Waals surface area contributed by atoms with E-state index in [4.69, 9.17) is 4.74 Å². The van der Waals surface area contributed by atoms with Gasteiger partial charge in [0.1, 0.15) is 11.3 Å². The minimum absolute atomic E-state index is 0.178. The Hall–Kier alpha value is -2.71. The first kappa shape index (κ1) is 27.8. The summed E-state index contributed by atoms with van der Waals surface area (Å²) in [7, 11) is 1.56. The van der Waals surface area contributed by atoms with Gasteiger partial charge < -0.3 is 9.84 Å². The first-order valence-corrected chi connectivity index (χ1v) is 14.9. The number of para-hydroxylation sites is 1. The summed E-state index contributed by atoms with van der Waals surface area (Å²) in [5.74, 6) is -2.98. The Labute approximate surface area is 238 Å². The van der Waals surface area contributed by atoms with Crippen LogP contribution < -0.4 is 15.0 Å². The molecule has 2 aromatic rings. The van der Waals surface area contributed by atoms with Crippen molar-refractivity contribution in [1.29, 1.82) is 0 Å². The third-order valence-corrected chi connectivity index (χ3v) is 9.58. The average molecular weight is 598 g/mol. The molecular formula is C31H37BrN2O5. The number of methoxy groups -OCH3 is 1. The zero-order valence-corrected chi connectivity index (χ0v) is 24.4. The zero-order chi connectivity index (χ0) is 27.9. The summed E-state index contributed by atoms with van der Waals surface area (Å²) in [5.41, 5.74) is 1.57. The average Bonchev–Trinajstić information content (AvgIpc) is 3.42. The van der Waals surface area contributed by atoms with Gasteiger partial charge in [0.2, 0.25) is 11.8 Å². The monoisotopic (exact) mass is 596 g/mol. The number of hydrogen-bond acceptors (Lipinski definition) is 5. The van der Waals surface area contributed by atoms with Crippen molar-refractivity contribution in [3.05, 3.63) is 57.6 Å². The molecule has 1 saturated carbocycles. The quantitative estimate of drug-likeness (QED) is 0.372. The van der Waals surface area contributed by atoms with Crippen LogP contribution in [0.3, 0.4) is 0 Å². The molecule has 0 spiro atoms. The maximum atomic E-state index is 14.5. The fourth-order valence-corrected chi connectivity index (χ4v) is 7.64. The number of fused-ring (bicyclic) bond motifs is 1. The maximum absolute atomic E-state index is 14.5. The van der Waals surface area contributed by atoms with Crippen LogP contribution in [-0.2, 0) is 27.2 Å². The lowest BCUT2D eigenvalue weighted by molar-refractivity contribution is -0.150. The SMILES string of the molecule is CCc1cccc(CC)c1N1C(=O)C2C(c3cc(Br)ccc3OC)NC(CC3CCCCC3)(C(=O)O)C2C1=O. The number of benzene rings is 2. The van der Waals surface area contributed by atoms with Crippen molar-refractivity contribution < 1.29 is 24.2 Å². The number of aryl methyl sites for hydroxylation is 2. The molecule has 39 heavy (non-hydrogen) atoms. The summed E-state index contributed by atoms with van der Waals surface area (Å²) in [6.07, 6.45) is 6.75. The molecule has 1 aliphatic carbocycles. The lowest BCUT2D eigenvalue weighted by atomic mass is 9.72. The number of carboxylic acids is 1. The van der Waals surface area contributed by atoms with Gasteiger partial charge in [0.25, 0.3) is 0 Å². The molecule has 0 bridgehead atoms. The second kappa shape index (κ2) is 11.0. The van der Waals surface area contributed by atoms with Gasteiger partial charge in [-0.15, -0.1) is 0 Å². The van der Waals surface area contributed by atoms with Gasteiger partial charge in [-0.3, -0.25) is 19.7 Å². The second-order valence-electron chi connectivity index (χ2n) is 11.1. The molecule has 8 heteroatoms. The molecule has 2 N–H and O–H groups in total. The minimum atomic E-state index is -1.56. The van der Waals surface area contributed by atoms with E-state index in [1.54, 1.807) is 13.2 Å². The Morgan fingerprint density at radius 3 is 2.33 bits per heavy atom. The summed E-state index contributed by atoms with van der Waals surface area (Å²) in [6, 6.07) is 10.7. The Kier molecular flexibility index (Phi) is 7.89. The molecular weight excluding hydrogens is 560 g/mol. The zero-order valence-electron chi connectivity index (χ0n) is 22.8. The van der Waals surface area contributed by atoms with Crippen LogP contribution in [0.4, 0.5) is 5.69 Å². The van der Waals surface area contributed by atoms with Crippen molar-refractivity contribution in [2.75, 3.05) is 12.0 Å². The van der Waals surface area contributed by atoms with Gasteiger partial charge in [-0.25, -0.2) is 4.90 Å². The summed E-state index contributed by atoms with van der Waals surface area (Å²) in [6.45, 7) is 4.01. The van der Waals surface area contributed by atoms with E-state index in [0.29, 0.717) is 36.3 Å². The number of ether oxygens (including phenoxy) is 1. The van der Waals surface area contributed by atoms with Crippen LogP contribution >= 0.6 is 15.9 Å². The first-order chi connectivity index (χ1) is 18.8. The molecule has 2 heterocycles. The lowest BCUT2D eigenvalue weighted by Crippen LogP contribution is -2.57. The number of carbonyl (C=O) groups excluding carboxylic acids is 2. The third-order valence-electron chi connectivity index (χ3n) is 9.09. The van der Waals surface area contributed by atoms with Gasteiger partial charge in [-0.2, -0.15) is 0 Å². The normalized spacial score (nSPS) is 27.2. The van der Waals surface area contributed by atoms with E-state index < -0.39 is 35.3 Å². The van der Waals surface area contributed by atoms with Crippen LogP contribution in [0.1, 0.15) is 75.1 Å². The van der Waals surface area contributed by atoms with E-state index in [-0.39, 0.29) is 11.8 Å². The fourth-order valence-electron chi connectivity index (χ4n) is 7.26. The second-order valence-corrected chi connectivity index (χ2v) is 12.1. The Bertz CT molecular complexity index is 1270. The fraction of sp³-hybridized carbons (Fsp3) is 0.516. The Morgan fingerprint density at radius 1 is 1.08 bits per heavy atom. The van der Waals surface area contributed by atoms with Gasteiger partial charge >= 0.3 is 5.97 Å². The van der Waals surface area contributed by atoms with Crippen molar-refractivity contribution in [3.8, 4) is 5.75 Å². The summed E-state index contributed by atoms with van der Waals surface area (Å²) < 4.78 is 6.46. The smallest absolute Gasteiger partial charge is 0.324 e. The number of carboxylic acid groups (broad SMARTS) is 1. The third kappa shape index (κ3) is 4.59. The number of nitrogens with one attached hydrogen (secondary N) is 1. The summed E-state index contributed by atoms with van der Waals surface area (Å²) in [5, 5.41) is 14.3. The van der Waals surface area contributed by atoms with E-state index in [0.717, 1.165) is 47.7 Å². The van der Waals surface area contributed by atoms with Gasteiger partial charge in [0.05, 0.1) is 24.6 Å². The molecule has 0 radical (unpaired) electrons. The molecule has 3 fully saturated rings. The van der Waals surface area contributed by atoms with Crippen LogP contribution in [0.25, 0.3) is 0 Å². The Balaban J connectivity index is 1.69. The molecule has 2 aromatic carbocycles. The molecule has 208 valence electrons. The highest BCUT2D eigenvalue weighted by atomic mass is 79.9. The molecule has 7 nitrogen and oxygen atoms in total. The van der Waals surface area contributed by atoms with Gasteiger partial charge in [-0.05, 0) is 54.5 Å². The number of aliphatic carboxylic acids is 1. The molecule has 2 saturated heterocycles. The first-order valence-electron chi connectivity index (χ1n) is 14.1. The van der Waals surface area contributed by atoms with Crippen molar-refractivity contribution >= 4 is 39.4 Å². The number of rotatable bonds is 8. The number of halogens is 1. The molecule has 2 amide bonds. The van der Waals surface area contributed by atoms with E-state index >= 15 is 0 Å². The van der Waals surface area contributed by atoms with E-state index in [2.05, 4.69) is 21.2 Å². The standard InChI is InChI=1S/C31H37BrN2O5/c1-4-19-12-9-13-20(5-2)27(19)34-28(35)24-25(29(34)36)31(30(37)38,17-18-10-7-6-8-11-18)33-26(24)22-16-21(32)14-15-23(22)39-3/h9,12-16,18,24-26,33H,4-8,10-11,17H2,1-3H3,(H,37,38). The van der Waals surface area contributed by atoms with Crippen molar-refractivity contribution in [2.24, 2.45) is 17.8 Å². The highest BCUT2D eigenvalue weighted by Crippen LogP contribution is 2.54. The predicted octanol–water partition coefficient (Wildman–Crippen LogP) is 5.83. The number of anilines is 1. The largest absolute Gasteiger partial charge is 0.496 e. The van der Waals surface area contributed by atoms with Crippen molar-refractivity contribution in [1.82, 2.24) is 5.32 Å². The Morgan fingerprint density at radius 2 is 1.74 bits per heavy atom. The molecule has 4 atom stereocenters. The van der Waals surface area contributed by atoms with Crippen LogP contribution in [-0.4, -0.2) is 35.5 Å². The van der Waals surface area contributed by atoms with Crippen LogP contribution in [0.15, 0.2) is 40.9 Å². The van der Waals surface area contributed by atoms with Crippen LogP contribution in [0.5, 0.6) is 5.75 Å². The highest BCUT2D eigenvalue weighted by molar-refractivity contribution is 9.10. The predicted molar refractivity (Wildman–Crippen MR) is 153 cm³/mol. The molecule has 5 rings (SSSR count). The number of imide groups is 1. The molecule has 0 aromatic heterocycles. The van der Waals surface area contributed by atoms with Crippen molar-refractivity contribution in [3.63, 3.8) is 0 Å². The van der Waals surface area contributed by atoms with Gasteiger partial charge in [-0.1, -0.05) is 80.1 Å². The number of hydrogen-bond donors (Lipinski definition) is 2. The number of nitrogens with zero attached hydrogens (tertiary/aromatic N) is 1. The van der Waals surface area contributed by atoms with Crippen molar-refractivity contribution in [2.45, 2.75) is 76.8 Å². The summed E-state index contributed by atoms with van der Waals surface area (Å²) >= 11 is 3.53. The maximum Gasteiger partial charge on any atom is 0.324 e. The lowest BCUT2D eigenvalue weighted by Gasteiger charge is -2.36. The minimum Gasteiger partial charge on any atom is -0.496 e. The number of carbonyl (C=O) groups is 3. The van der Waals surface area contributed by atoms with Crippen LogP contribution in [0, 0.1) is 17.8 Å². The highest BCUT2D eigenvalue weighted by Gasteiger charge is 2.69. The molecule has 4 unspecified atom stereocenters.